The SMILES string of the molecule is CCc1c[nH]c2ncnc(NC3CC4CNCC4C3)c12. The standard InChI is InChI=1S/C15H21N5/c1-2-9-7-17-14-13(9)15(19-8-18-14)20-12-3-10-5-16-6-11(10)4-12/h7-8,10-12,16H,2-6H2,1H3,(H2,17,18,19,20). The highest BCUT2D eigenvalue weighted by Crippen LogP contribution is 2.36. The van der Waals surface area contributed by atoms with E-state index in [-0.39, 0.29) is 0 Å². The van der Waals surface area contributed by atoms with E-state index in [1.807, 2.05) is 0 Å². The predicted octanol–water partition coefficient (Wildman–Crippen LogP) is 1.93. The summed E-state index contributed by atoms with van der Waals surface area (Å²) in [4.78, 5) is 12.1. The van der Waals surface area contributed by atoms with Crippen LogP contribution in [0.5, 0.6) is 0 Å². The van der Waals surface area contributed by atoms with Crippen molar-refractivity contribution < 1.29 is 0 Å². The predicted molar refractivity (Wildman–Crippen MR) is 79.8 cm³/mol. The number of aromatic amines is 1. The fraction of sp³-hybridized carbons (Fsp3) is 0.600. The topological polar surface area (TPSA) is 65.6 Å². The zero-order valence-corrected chi connectivity index (χ0v) is 11.8. The lowest BCUT2D eigenvalue weighted by atomic mass is 10.0. The first-order valence-corrected chi connectivity index (χ1v) is 7.63. The third kappa shape index (κ3) is 1.88. The minimum atomic E-state index is 0.560. The van der Waals surface area contributed by atoms with E-state index in [4.69, 9.17) is 0 Å². The lowest BCUT2D eigenvalue weighted by molar-refractivity contribution is 0.494. The van der Waals surface area contributed by atoms with Gasteiger partial charge in [0.05, 0.1) is 5.39 Å². The highest BCUT2D eigenvalue weighted by molar-refractivity contribution is 5.90. The number of nitrogens with zero attached hydrogens (tertiary/aromatic N) is 2. The summed E-state index contributed by atoms with van der Waals surface area (Å²) in [6, 6.07) is 0.560. The Morgan fingerprint density at radius 1 is 1.25 bits per heavy atom. The second-order valence-corrected chi connectivity index (χ2v) is 6.10. The molecule has 20 heavy (non-hydrogen) atoms. The van der Waals surface area contributed by atoms with Gasteiger partial charge in [-0.05, 0) is 49.8 Å². The van der Waals surface area contributed by atoms with Crippen LogP contribution in [-0.2, 0) is 6.42 Å². The highest BCUT2D eigenvalue weighted by atomic mass is 15.1. The molecule has 3 N–H and O–H groups in total. The molecule has 1 aliphatic carbocycles. The van der Waals surface area contributed by atoms with Crippen molar-refractivity contribution in [2.75, 3.05) is 18.4 Å². The van der Waals surface area contributed by atoms with Gasteiger partial charge in [-0.1, -0.05) is 6.92 Å². The van der Waals surface area contributed by atoms with Gasteiger partial charge in [-0.3, -0.25) is 0 Å². The Balaban J connectivity index is 1.61. The van der Waals surface area contributed by atoms with E-state index in [0.29, 0.717) is 6.04 Å². The van der Waals surface area contributed by atoms with E-state index in [2.05, 4.69) is 38.7 Å². The molecule has 2 fully saturated rings. The van der Waals surface area contributed by atoms with E-state index < -0.39 is 0 Å². The summed E-state index contributed by atoms with van der Waals surface area (Å²) in [5.41, 5.74) is 2.24. The molecule has 106 valence electrons. The smallest absolute Gasteiger partial charge is 0.143 e. The number of rotatable bonds is 3. The van der Waals surface area contributed by atoms with Crippen LogP contribution < -0.4 is 10.6 Å². The number of anilines is 1. The molecule has 2 aromatic rings. The third-order valence-corrected chi connectivity index (χ3v) is 4.93. The molecule has 0 radical (unpaired) electrons. The highest BCUT2D eigenvalue weighted by Gasteiger charge is 2.37. The van der Waals surface area contributed by atoms with Crippen LogP contribution in [0.15, 0.2) is 12.5 Å². The minimum Gasteiger partial charge on any atom is -0.367 e. The van der Waals surface area contributed by atoms with Gasteiger partial charge >= 0.3 is 0 Å². The Labute approximate surface area is 118 Å². The second kappa shape index (κ2) is 4.74. The normalized spacial score (nSPS) is 28.9. The lowest BCUT2D eigenvalue weighted by Gasteiger charge is -2.15. The van der Waals surface area contributed by atoms with Crippen LogP contribution in [0.2, 0.25) is 0 Å². The van der Waals surface area contributed by atoms with Crippen molar-refractivity contribution in [3.05, 3.63) is 18.1 Å². The summed E-state index contributed by atoms with van der Waals surface area (Å²) in [5.74, 6) is 2.70. The number of H-pyrrole nitrogens is 1. The largest absolute Gasteiger partial charge is 0.367 e. The number of aromatic nitrogens is 3. The average molecular weight is 271 g/mol. The van der Waals surface area contributed by atoms with Gasteiger partial charge in [-0.25, -0.2) is 9.97 Å². The molecule has 2 atom stereocenters. The molecular weight excluding hydrogens is 250 g/mol. The Morgan fingerprint density at radius 3 is 2.80 bits per heavy atom. The van der Waals surface area contributed by atoms with Crippen LogP contribution in [0.3, 0.4) is 0 Å². The van der Waals surface area contributed by atoms with Crippen molar-refractivity contribution >= 4 is 16.9 Å². The van der Waals surface area contributed by atoms with Gasteiger partial charge in [0.15, 0.2) is 0 Å². The van der Waals surface area contributed by atoms with E-state index in [9.17, 15) is 0 Å². The van der Waals surface area contributed by atoms with Gasteiger partial charge in [-0.2, -0.15) is 0 Å². The molecule has 5 heteroatoms. The van der Waals surface area contributed by atoms with Crippen molar-refractivity contribution in [1.29, 1.82) is 0 Å². The summed E-state index contributed by atoms with van der Waals surface area (Å²) < 4.78 is 0. The minimum absolute atomic E-state index is 0.560. The molecule has 1 saturated heterocycles. The quantitative estimate of drug-likeness (QED) is 0.798. The number of fused-ring (bicyclic) bond motifs is 2. The second-order valence-electron chi connectivity index (χ2n) is 6.10. The molecule has 2 unspecified atom stereocenters. The molecule has 0 spiro atoms. The molecule has 3 heterocycles. The molecule has 0 bridgehead atoms. The van der Waals surface area contributed by atoms with Crippen LogP contribution in [0.1, 0.15) is 25.3 Å². The Bertz CT molecular complexity index is 608. The van der Waals surface area contributed by atoms with Crippen LogP contribution in [-0.4, -0.2) is 34.1 Å². The molecule has 2 aliphatic rings. The maximum atomic E-state index is 4.49. The Morgan fingerprint density at radius 2 is 2.05 bits per heavy atom. The first-order chi connectivity index (χ1) is 9.85. The van der Waals surface area contributed by atoms with E-state index in [0.717, 1.165) is 29.7 Å². The number of hydrogen-bond acceptors (Lipinski definition) is 4. The molecule has 1 aliphatic heterocycles. The molecule has 0 aromatic carbocycles. The third-order valence-electron chi connectivity index (χ3n) is 4.93. The van der Waals surface area contributed by atoms with Gasteiger partial charge < -0.3 is 15.6 Å². The fourth-order valence-electron chi connectivity index (χ4n) is 3.89. The fourth-order valence-corrected chi connectivity index (χ4v) is 3.89. The Hall–Kier alpha value is -1.62. The summed E-state index contributed by atoms with van der Waals surface area (Å²) in [7, 11) is 0. The lowest BCUT2D eigenvalue weighted by Crippen LogP contribution is -2.21. The van der Waals surface area contributed by atoms with Gasteiger partial charge in [0.2, 0.25) is 0 Å². The number of aryl methyl sites for hydroxylation is 1. The monoisotopic (exact) mass is 271 g/mol. The molecule has 0 amide bonds. The summed E-state index contributed by atoms with van der Waals surface area (Å²) in [5, 5.41) is 8.34. The summed E-state index contributed by atoms with van der Waals surface area (Å²) in [6.45, 7) is 4.55. The number of nitrogens with one attached hydrogen (secondary N) is 3. The van der Waals surface area contributed by atoms with Gasteiger partial charge in [0, 0.05) is 12.2 Å². The Kier molecular flexibility index (Phi) is 2.88. The summed E-state index contributed by atoms with van der Waals surface area (Å²) in [6.07, 6.45) is 7.22. The average Bonchev–Trinajstić information content (AvgIpc) is 3.11. The van der Waals surface area contributed by atoms with E-state index >= 15 is 0 Å². The van der Waals surface area contributed by atoms with E-state index in [1.54, 1.807) is 6.33 Å². The maximum Gasteiger partial charge on any atom is 0.143 e. The zero-order chi connectivity index (χ0) is 13.5. The van der Waals surface area contributed by atoms with Crippen LogP contribution in [0.4, 0.5) is 5.82 Å². The van der Waals surface area contributed by atoms with Crippen LogP contribution in [0, 0.1) is 11.8 Å². The van der Waals surface area contributed by atoms with Crippen molar-refractivity contribution in [1.82, 2.24) is 20.3 Å². The molecule has 2 aromatic heterocycles. The molecular formula is C15H21N5. The van der Waals surface area contributed by atoms with E-state index in [1.165, 1.54) is 36.9 Å². The first-order valence-electron chi connectivity index (χ1n) is 7.63. The van der Waals surface area contributed by atoms with Crippen molar-refractivity contribution in [2.45, 2.75) is 32.2 Å². The van der Waals surface area contributed by atoms with Crippen molar-refractivity contribution in [3.8, 4) is 0 Å². The number of hydrogen-bond donors (Lipinski definition) is 3. The molecule has 1 saturated carbocycles. The molecule has 5 nitrogen and oxygen atoms in total. The van der Waals surface area contributed by atoms with Gasteiger partial charge in [0.25, 0.3) is 0 Å². The van der Waals surface area contributed by atoms with Gasteiger partial charge in [-0.15, -0.1) is 0 Å². The van der Waals surface area contributed by atoms with Gasteiger partial charge in [0.1, 0.15) is 17.8 Å². The molecule has 4 rings (SSSR count). The maximum absolute atomic E-state index is 4.49. The zero-order valence-electron chi connectivity index (χ0n) is 11.8. The summed E-state index contributed by atoms with van der Waals surface area (Å²) >= 11 is 0. The van der Waals surface area contributed by atoms with Crippen molar-refractivity contribution in [2.24, 2.45) is 11.8 Å². The van der Waals surface area contributed by atoms with Crippen molar-refractivity contribution in [3.63, 3.8) is 0 Å². The first kappa shape index (κ1) is 12.1. The van der Waals surface area contributed by atoms with Crippen LogP contribution >= 0.6 is 0 Å². The van der Waals surface area contributed by atoms with Crippen LogP contribution in [0.25, 0.3) is 11.0 Å².